The number of aromatic amines is 1. The van der Waals surface area contributed by atoms with Crippen LogP contribution in [-0.2, 0) is 29.4 Å². The van der Waals surface area contributed by atoms with Crippen molar-refractivity contribution in [2.75, 3.05) is 19.0 Å². The lowest BCUT2D eigenvalue weighted by Crippen LogP contribution is -2.15. The van der Waals surface area contributed by atoms with Gasteiger partial charge in [-0.25, -0.2) is 0 Å². The lowest BCUT2D eigenvalue weighted by atomic mass is 9.98. The van der Waals surface area contributed by atoms with Gasteiger partial charge in [0.15, 0.2) is 0 Å². The summed E-state index contributed by atoms with van der Waals surface area (Å²) in [6, 6.07) is 14.9. The third kappa shape index (κ3) is 6.72. The van der Waals surface area contributed by atoms with E-state index in [2.05, 4.69) is 15.4 Å². The van der Waals surface area contributed by atoms with Gasteiger partial charge in [-0.15, -0.1) is 0 Å². The maximum Gasteiger partial charge on any atom is 0.309 e. The number of benzene rings is 3. The first-order chi connectivity index (χ1) is 21.5. The van der Waals surface area contributed by atoms with Gasteiger partial charge in [-0.2, -0.15) is 5.10 Å². The van der Waals surface area contributed by atoms with E-state index in [1.165, 1.54) is 7.11 Å². The van der Waals surface area contributed by atoms with Crippen LogP contribution in [0.3, 0.4) is 0 Å². The number of nitrogens with one attached hydrogen (secondary N) is 2. The highest BCUT2D eigenvalue weighted by molar-refractivity contribution is 6.35. The molecule has 0 fully saturated rings. The highest BCUT2D eigenvalue weighted by Crippen LogP contribution is 2.40. The number of ether oxygens (including phenoxy) is 2. The van der Waals surface area contributed by atoms with Crippen LogP contribution >= 0.6 is 23.2 Å². The van der Waals surface area contributed by atoms with Gasteiger partial charge in [0.05, 0.1) is 36.4 Å². The molecule has 0 aliphatic rings. The summed E-state index contributed by atoms with van der Waals surface area (Å²) in [6.45, 7) is 8.32. The Bertz CT molecular complexity index is 1900. The smallest absolute Gasteiger partial charge is 0.309 e. The lowest BCUT2D eigenvalue weighted by Gasteiger charge is -2.11. The van der Waals surface area contributed by atoms with E-state index in [9.17, 15) is 9.59 Å². The van der Waals surface area contributed by atoms with Gasteiger partial charge in [0, 0.05) is 40.0 Å². The molecule has 2 N–H and O–H groups in total. The molecule has 0 saturated heterocycles. The van der Waals surface area contributed by atoms with Gasteiger partial charge in [0.1, 0.15) is 11.4 Å². The zero-order valence-corrected chi connectivity index (χ0v) is 27.7. The monoisotopic (exact) mass is 646 g/mol. The molecule has 0 atom stereocenters. The molecule has 10 heteroatoms. The minimum atomic E-state index is -0.354. The molecule has 0 aliphatic heterocycles. The van der Waals surface area contributed by atoms with Crippen molar-refractivity contribution in [3.05, 3.63) is 97.9 Å². The second-order valence-electron chi connectivity index (χ2n) is 11.2. The molecule has 1 amide bonds. The Labute approximate surface area is 272 Å². The number of halogens is 2. The molecule has 0 bridgehead atoms. The number of rotatable bonds is 10. The second kappa shape index (κ2) is 13.4. The summed E-state index contributed by atoms with van der Waals surface area (Å²) < 4.78 is 12.7. The summed E-state index contributed by atoms with van der Waals surface area (Å²) in [4.78, 5) is 29.1. The van der Waals surface area contributed by atoms with E-state index >= 15 is 0 Å². The molecule has 0 unspecified atom stereocenters. The van der Waals surface area contributed by atoms with Gasteiger partial charge in [-0.05, 0) is 93.1 Å². The fourth-order valence-electron chi connectivity index (χ4n) is 5.75. The molecule has 0 saturated carbocycles. The van der Waals surface area contributed by atoms with Gasteiger partial charge in [-0.3, -0.25) is 14.3 Å². The van der Waals surface area contributed by atoms with Crippen LogP contribution < -0.4 is 10.1 Å². The van der Waals surface area contributed by atoms with Crippen LogP contribution in [0.5, 0.6) is 5.75 Å². The molecule has 0 aliphatic carbocycles. The summed E-state index contributed by atoms with van der Waals surface area (Å²) >= 11 is 13.2. The molecule has 0 spiro atoms. The number of carbonyl (C=O) groups excluding carboxylic acids is 2. The first-order valence-corrected chi connectivity index (χ1v) is 15.4. The largest absolute Gasteiger partial charge is 0.494 e. The first-order valence-electron chi connectivity index (χ1n) is 14.7. The van der Waals surface area contributed by atoms with Gasteiger partial charge >= 0.3 is 5.97 Å². The molecule has 234 valence electrons. The summed E-state index contributed by atoms with van der Waals surface area (Å²) in [6.07, 6.45) is 1.34. The number of esters is 1. The third-order valence-corrected chi connectivity index (χ3v) is 8.94. The summed E-state index contributed by atoms with van der Waals surface area (Å²) in [5, 5.41) is 9.82. The minimum absolute atomic E-state index is 0.107. The topological polar surface area (TPSA) is 98.2 Å². The Kier molecular flexibility index (Phi) is 9.56. The normalized spacial score (nSPS) is 11.2. The van der Waals surface area contributed by atoms with Crippen molar-refractivity contribution in [1.29, 1.82) is 0 Å². The summed E-state index contributed by atoms with van der Waals surface area (Å²) in [7, 11) is 3.25. The zero-order valence-electron chi connectivity index (χ0n) is 26.2. The third-order valence-electron chi connectivity index (χ3n) is 8.03. The van der Waals surface area contributed by atoms with Crippen molar-refractivity contribution < 1.29 is 19.1 Å². The SMILES string of the molecule is COC(=O)Cc1cccc(NC(=O)c2[nH]c3c(-c4c(C)nn(C)c4C)c(Cl)ccc3c2CCCOc2cc(C)c(Cl)c(C)c2)c1. The van der Waals surface area contributed by atoms with E-state index in [0.29, 0.717) is 35.9 Å². The molecule has 2 aromatic heterocycles. The standard InChI is InChI=1S/C35H36Cl2N4O4/c1-19-15-25(16-20(2)32(19)37)45-14-8-11-26-27-12-13-28(36)31(30-21(3)40-41(5)22(30)4)33(27)39-34(26)35(43)38-24-10-7-9-23(17-24)18-29(42)44-6/h7,9-10,12-13,15-17,39H,8,11,14,18H2,1-6H3,(H,38,43). The van der Waals surface area contributed by atoms with E-state index in [0.717, 1.165) is 66.4 Å². The number of carbonyl (C=O) groups is 2. The molecule has 45 heavy (non-hydrogen) atoms. The number of fused-ring (bicyclic) bond motifs is 1. The van der Waals surface area contributed by atoms with Crippen molar-refractivity contribution in [2.24, 2.45) is 7.05 Å². The number of aromatic nitrogens is 3. The quantitative estimate of drug-likeness (QED) is 0.118. The second-order valence-corrected chi connectivity index (χ2v) is 12.0. The molecule has 3 aromatic carbocycles. The molecular formula is C35H36Cl2N4O4. The molecule has 2 heterocycles. The van der Waals surface area contributed by atoms with Gasteiger partial charge in [-0.1, -0.05) is 41.4 Å². The highest BCUT2D eigenvalue weighted by Gasteiger charge is 2.24. The molecule has 8 nitrogen and oxygen atoms in total. The predicted molar refractivity (Wildman–Crippen MR) is 180 cm³/mol. The number of hydrogen-bond donors (Lipinski definition) is 2. The van der Waals surface area contributed by atoms with Crippen LogP contribution in [-0.4, -0.2) is 40.4 Å². The van der Waals surface area contributed by atoms with Crippen molar-refractivity contribution >= 4 is 51.7 Å². The Morgan fingerprint density at radius 3 is 2.40 bits per heavy atom. The van der Waals surface area contributed by atoms with Crippen LogP contribution in [0, 0.1) is 27.7 Å². The van der Waals surface area contributed by atoms with Crippen molar-refractivity contribution in [3.63, 3.8) is 0 Å². The number of aryl methyl sites for hydroxylation is 5. The van der Waals surface area contributed by atoms with E-state index in [4.69, 9.17) is 32.7 Å². The number of amides is 1. The van der Waals surface area contributed by atoms with Crippen molar-refractivity contribution in [3.8, 4) is 16.9 Å². The Morgan fingerprint density at radius 2 is 1.73 bits per heavy atom. The lowest BCUT2D eigenvalue weighted by molar-refractivity contribution is -0.139. The Hall–Kier alpha value is -4.27. The van der Waals surface area contributed by atoms with Crippen LogP contribution in [0.15, 0.2) is 48.5 Å². The van der Waals surface area contributed by atoms with E-state index < -0.39 is 0 Å². The number of H-pyrrole nitrogens is 1. The average Bonchev–Trinajstić information content (AvgIpc) is 3.49. The maximum atomic E-state index is 13.9. The van der Waals surface area contributed by atoms with E-state index in [1.54, 1.807) is 18.2 Å². The van der Waals surface area contributed by atoms with E-state index in [-0.39, 0.29) is 18.3 Å². The predicted octanol–water partition coefficient (Wildman–Crippen LogP) is 8.09. The molecule has 0 radical (unpaired) electrons. The summed E-state index contributed by atoms with van der Waals surface area (Å²) in [5.41, 5.74) is 8.84. The van der Waals surface area contributed by atoms with Gasteiger partial charge in [0.25, 0.3) is 5.91 Å². The average molecular weight is 648 g/mol. The van der Waals surface area contributed by atoms with Crippen LogP contribution in [0.2, 0.25) is 10.0 Å². The Morgan fingerprint density at radius 1 is 1.00 bits per heavy atom. The Balaban J connectivity index is 1.51. The minimum Gasteiger partial charge on any atom is -0.494 e. The fraction of sp³-hybridized carbons (Fsp3) is 0.286. The number of hydrogen-bond acceptors (Lipinski definition) is 5. The van der Waals surface area contributed by atoms with Gasteiger partial charge < -0.3 is 19.8 Å². The molecule has 5 aromatic rings. The van der Waals surface area contributed by atoms with E-state index in [1.807, 2.05) is 69.8 Å². The van der Waals surface area contributed by atoms with Gasteiger partial charge in [0.2, 0.25) is 0 Å². The molecule has 5 rings (SSSR count). The molecular weight excluding hydrogens is 611 g/mol. The van der Waals surface area contributed by atoms with Crippen LogP contribution in [0.4, 0.5) is 5.69 Å². The summed E-state index contributed by atoms with van der Waals surface area (Å²) in [5.74, 6) is 0.102. The number of nitrogens with zero attached hydrogens (tertiary/aromatic N) is 2. The fourth-order valence-corrected chi connectivity index (χ4v) is 6.11. The maximum absolute atomic E-state index is 13.9. The highest BCUT2D eigenvalue weighted by atomic mass is 35.5. The van der Waals surface area contributed by atoms with Crippen LogP contribution in [0.25, 0.3) is 22.0 Å². The number of methoxy groups -OCH3 is 1. The number of anilines is 1. The van der Waals surface area contributed by atoms with Crippen LogP contribution in [0.1, 0.15) is 50.6 Å². The van der Waals surface area contributed by atoms with Crippen molar-refractivity contribution in [1.82, 2.24) is 14.8 Å². The first kappa shape index (κ1) is 32.1. The zero-order chi connectivity index (χ0) is 32.4. The van der Waals surface area contributed by atoms with Crippen molar-refractivity contribution in [2.45, 2.75) is 47.0 Å².